The molecule has 1 aromatic heterocycles. The quantitative estimate of drug-likeness (QED) is 0.820. The maximum atomic E-state index is 11.9. The molecule has 0 aliphatic carbocycles. The first-order valence-corrected chi connectivity index (χ1v) is 6.42. The molecule has 0 unspecified atom stereocenters. The van der Waals surface area contributed by atoms with Crippen LogP contribution >= 0.6 is 11.5 Å². The molecule has 0 aliphatic heterocycles. The van der Waals surface area contributed by atoms with Crippen LogP contribution in [0.3, 0.4) is 0 Å². The molecule has 0 saturated heterocycles. The highest BCUT2D eigenvalue weighted by Crippen LogP contribution is 2.13. The Morgan fingerprint density at radius 3 is 2.94 bits per heavy atom. The maximum Gasteiger partial charge on any atom is 0.265 e. The standard InChI is InChI=1S/C12H14N4OS/c1-2-10-11(18-16-15-10)12(17)14-7-8-5-3-4-6-9(8)13/h3-6H,2,7,13H2,1H3,(H,14,17). The third-order valence-corrected chi connectivity index (χ3v) is 3.36. The van der Waals surface area contributed by atoms with Gasteiger partial charge in [0.2, 0.25) is 0 Å². The molecule has 1 amide bonds. The van der Waals surface area contributed by atoms with Gasteiger partial charge < -0.3 is 11.1 Å². The number of aromatic nitrogens is 2. The molecule has 1 heterocycles. The van der Waals surface area contributed by atoms with E-state index in [0.29, 0.717) is 23.5 Å². The fourth-order valence-corrected chi connectivity index (χ4v) is 2.23. The van der Waals surface area contributed by atoms with Crippen LogP contribution < -0.4 is 11.1 Å². The maximum absolute atomic E-state index is 11.9. The number of nitrogens with zero attached hydrogens (tertiary/aromatic N) is 2. The second-order valence-electron chi connectivity index (χ2n) is 3.78. The fourth-order valence-electron chi connectivity index (χ4n) is 1.56. The first kappa shape index (κ1) is 12.5. The molecule has 1 aromatic carbocycles. The average molecular weight is 262 g/mol. The van der Waals surface area contributed by atoms with Crippen LogP contribution in [0.4, 0.5) is 5.69 Å². The molecule has 0 fully saturated rings. The van der Waals surface area contributed by atoms with Crippen molar-refractivity contribution >= 4 is 23.1 Å². The van der Waals surface area contributed by atoms with Crippen LogP contribution in [-0.4, -0.2) is 15.5 Å². The van der Waals surface area contributed by atoms with Gasteiger partial charge in [0, 0.05) is 12.2 Å². The monoisotopic (exact) mass is 262 g/mol. The van der Waals surface area contributed by atoms with E-state index in [0.717, 1.165) is 22.8 Å². The van der Waals surface area contributed by atoms with Gasteiger partial charge in [-0.15, -0.1) is 5.10 Å². The van der Waals surface area contributed by atoms with Crippen molar-refractivity contribution in [1.29, 1.82) is 0 Å². The second-order valence-corrected chi connectivity index (χ2v) is 4.54. The number of hydrogen-bond donors (Lipinski definition) is 2. The van der Waals surface area contributed by atoms with Gasteiger partial charge in [0.1, 0.15) is 4.88 Å². The Hall–Kier alpha value is -1.95. The molecule has 0 atom stereocenters. The van der Waals surface area contributed by atoms with Gasteiger partial charge in [-0.05, 0) is 29.6 Å². The Balaban J connectivity index is 2.03. The van der Waals surface area contributed by atoms with Crippen molar-refractivity contribution in [2.45, 2.75) is 19.9 Å². The number of benzene rings is 1. The summed E-state index contributed by atoms with van der Waals surface area (Å²) in [5.41, 5.74) is 8.12. The predicted molar refractivity (Wildman–Crippen MR) is 71.3 cm³/mol. The lowest BCUT2D eigenvalue weighted by molar-refractivity contribution is 0.0954. The van der Waals surface area contributed by atoms with Gasteiger partial charge in [0.25, 0.3) is 5.91 Å². The van der Waals surface area contributed by atoms with Gasteiger partial charge in [-0.2, -0.15) is 0 Å². The molecule has 2 aromatic rings. The first-order chi connectivity index (χ1) is 8.72. The molecular formula is C12H14N4OS. The fraction of sp³-hybridized carbons (Fsp3) is 0.250. The summed E-state index contributed by atoms with van der Waals surface area (Å²) in [7, 11) is 0. The van der Waals surface area contributed by atoms with E-state index in [9.17, 15) is 4.79 Å². The van der Waals surface area contributed by atoms with Crippen LogP contribution in [-0.2, 0) is 13.0 Å². The highest BCUT2D eigenvalue weighted by Gasteiger charge is 2.14. The number of anilines is 1. The Kier molecular flexibility index (Phi) is 3.88. The first-order valence-electron chi connectivity index (χ1n) is 5.65. The lowest BCUT2D eigenvalue weighted by atomic mass is 10.2. The largest absolute Gasteiger partial charge is 0.398 e. The van der Waals surface area contributed by atoms with Crippen LogP contribution in [0.2, 0.25) is 0 Å². The van der Waals surface area contributed by atoms with E-state index in [-0.39, 0.29) is 5.91 Å². The summed E-state index contributed by atoms with van der Waals surface area (Å²) < 4.78 is 3.79. The van der Waals surface area contributed by atoms with Gasteiger partial charge in [-0.3, -0.25) is 4.79 Å². The number of rotatable bonds is 4. The Labute approximate surface area is 109 Å². The molecule has 0 aliphatic rings. The van der Waals surface area contributed by atoms with Crippen LogP contribution in [0.5, 0.6) is 0 Å². The molecule has 0 bridgehead atoms. The van der Waals surface area contributed by atoms with E-state index >= 15 is 0 Å². The summed E-state index contributed by atoms with van der Waals surface area (Å²) in [6.45, 7) is 2.36. The van der Waals surface area contributed by atoms with Crippen LogP contribution in [0, 0.1) is 0 Å². The number of hydrogen-bond acceptors (Lipinski definition) is 5. The third kappa shape index (κ3) is 2.65. The second kappa shape index (κ2) is 5.59. The summed E-state index contributed by atoms with van der Waals surface area (Å²) in [6, 6.07) is 7.46. The van der Waals surface area contributed by atoms with Crippen LogP contribution in [0.15, 0.2) is 24.3 Å². The number of nitrogens with two attached hydrogens (primary N) is 1. The summed E-state index contributed by atoms with van der Waals surface area (Å²) in [5.74, 6) is -0.148. The molecule has 0 radical (unpaired) electrons. The number of nitrogen functional groups attached to an aromatic ring is 1. The lowest BCUT2D eigenvalue weighted by Gasteiger charge is -2.06. The smallest absolute Gasteiger partial charge is 0.265 e. The van der Waals surface area contributed by atoms with Crippen molar-refractivity contribution in [2.75, 3.05) is 5.73 Å². The minimum Gasteiger partial charge on any atom is -0.398 e. The molecule has 94 valence electrons. The highest BCUT2D eigenvalue weighted by atomic mass is 32.1. The van der Waals surface area contributed by atoms with E-state index in [1.54, 1.807) is 0 Å². The highest BCUT2D eigenvalue weighted by molar-refractivity contribution is 7.08. The molecule has 6 heteroatoms. The minimum absolute atomic E-state index is 0.148. The number of amides is 1. The zero-order chi connectivity index (χ0) is 13.0. The number of aryl methyl sites for hydroxylation is 1. The number of carbonyl (C=O) groups is 1. The summed E-state index contributed by atoms with van der Waals surface area (Å²) in [5, 5.41) is 6.74. The SMILES string of the molecule is CCc1nnsc1C(=O)NCc1ccccc1N. The van der Waals surface area contributed by atoms with Crippen LogP contribution in [0.1, 0.15) is 27.9 Å². The molecule has 3 N–H and O–H groups in total. The van der Waals surface area contributed by atoms with Crippen molar-refractivity contribution < 1.29 is 4.79 Å². The molecule has 0 spiro atoms. The average Bonchev–Trinajstić information content (AvgIpc) is 2.86. The number of para-hydroxylation sites is 1. The summed E-state index contributed by atoms with van der Waals surface area (Å²) >= 11 is 1.12. The van der Waals surface area contributed by atoms with Crippen LogP contribution in [0.25, 0.3) is 0 Å². The summed E-state index contributed by atoms with van der Waals surface area (Å²) in [6.07, 6.45) is 0.701. The molecule has 0 saturated carbocycles. The van der Waals surface area contributed by atoms with E-state index in [2.05, 4.69) is 14.9 Å². The normalized spacial score (nSPS) is 10.3. The van der Waals surface area contributed by atoms with E-state index in [1.165, 1.54) is 0 Å². The van der Waals surface area contributed by atoms with Gasteiger partial charge in [-0.1, -0.05) is 29.6 Å². The summed E-state index contributed by atoms with van der Waals surface area (Å²) in [4.78, 5) is 12.5. The van der Waals surface area contributed by atoms with Gasteiger partial charge in [0.15, 0.2) is 0 Å². The van der Waals surface area contributed by atoms with E-state index in [4.69, 9.17) is 5.73 Å². The molecule has 2 rings (SSSR count). The Bertz CT molecular complexity index is 553. The molecular weight excluding hydrogens is 248 g/mol. The van der Waals surface area contributed by atoms with Crippen molar-refractivity contribution in [3.63, 3.8) is 0 Å². The number of nitrogens with one attached hydrogen (secondary N) is 1. The third-order valence-electron chi connectivity index (χ3n) is 2.59. The Morgan fingerprint density at radius 2 is 2.22 bits per heavy atom. The van der Waals surface area contributed by atoms with Crippen molar-refractivity contribution in [3.05, 3.63) is 40.4 Å². The molecule has 18 heavy (non-hydrogen) atoms. The topological polar surface area (TPSA) is 80.9 Å². The van der Waals surface area contributed by atoms with E-state index in [1.807, 2.05) is 31.2 Å². The van der Waals surface area contributed by atoms with Crippen molar-refractivity contribution in [1.82, 2.24) is 14.9 Å². The zero-order valence-electron chi connectivity index (χ0n) is 10.0. The van der Waals surface area contributed by atoms with Gasteiger partial charge >= 0.3 is 0 Å². The van der Waals surface area contributed by atoms with Crippen molar-refractivity contribution in [2.24, 2.45) is 0 Å². The van der Waals surface area contributed by atoms with Gasteiger partial charge in [-0.25, -0.2) is 0 Å². The van der Waals surface area contributed by atoms with Gasteiger partial charge in [0.05, 0.1) is 5.69 Å². The minimum atomic E-state index is -0.148. The van der Waals surface area contributed by atoms with Crippen molar-refractivity contribution in [3.8, 4) is 0 Å². The number of carbonyl (C=O) groups excluding carboxylic acids is 1. The molecule has 5 nitrogen and oxygen atoms in total. The zero-order valence-corrected chi connectivity index (χ0v) is 10.8. The lowest BCUT2D eigenvalue weighted by Crippen LogP contribution is -2.23. The van der Waals surface area contributed by atoms with E-state index < -0.39 is 0 Å². The Morgan fingerprint density at radius 1 is 1.44 bits per heavy atom. The predicted octanol–water partition coefficient (Wildman–Crippen LogP) is 1.61.